The van der Waals surface area contributed by atoms with Gasteiger partial charge >= 0.3 is 0 Å². The van der Waals surface area contributed by atoms with Gasteiger partial charge in [-0.15, -0.1) is 11.3 Å². The zero-order valence-electron chi connectivity index (χ0n) is 21.3. The summed E-state index contributed by atoms with van der Waals surface area (Å²) in [5.74, 6) is 0. The normalized spacial score (nSPS) is 13.3. The van der Waals surface area contributed by atoms with Crippen molar-refractivity contribution in [2.24, 2.45) is 0 Å². The molecule has 0 amide bonds. The van der Waals surface area contributed by atoms with E-state index >= 15 is 0 Å². The predicted octanol–water partition coefficient (Wildman–Crippen LogP) is 10.2. The van der Waals surface area contributed by atoms with Crippen molar-refractivity contribution >= 4 is 43.6 Å². The molecule has 1 nitrogen and oxygen atoms in total. The fraction of sp³-hybridized carbons (Fsp3) is 0.0270. The molecule has 1 aliphatic rings. The minimum atomic E-state index is -0.396. The summed E-state index contributed by atoms with van der Waals surface area (Å²) in [7, 11) is 0. The number of benzene rings is 6. The average Bonchev–Trinajstić information content (AvgIpc) is 3.51. The number of rotatable bonds is 4. The van der Waals surface area contributed by atoms with Gasteiger partial charge in [-0.2, -0.15) is 0 Å². The van der Waals surface area contributed by atoms with Gasteiger partial charge in [-0.05, 0) is 51.9 Å². The van der Waals surface area contributed by atoms with Crippen LogP contribution in [0.1, 0.15) is 21.6 Å². The standard InChI is InChI=1S/C37H25NS/c1-3-14-26(15-4-1)37(27-16-5-2-6-17-27)32-24-28(38-33-20-11-13-25-12-7-8-18-29(25)33)22-23-30(32)35-31-19-9-10-21-34(31)39-36(35)37/h1-24,38H. The molecule has 7 aromatic rings. The van der Waals surface area contributed by atoms with Gasteiger partial charge in [-0.3, -0.25) is 0 Å². The Morgan fingerprint density at radius 3 is 1.95 bits per heavy atom. The van der Waals surface area contributed by atoms with E-state index in [0.717, 1.165) is 11.4 Å². The van der Waals surface area contributed by atoms with E-state index < -0.39 is 5.41 Å². The van der Waals surface area contributed by atoms with Crippen LogP contribution in [0.2, 0.25) is 0 Å². The molecule has 0 fully saturated rings. The van der Waals surface area contributed by atoms with Gasteiger partial charge in [0.1, 0.15) is 0 Å². The molecule has 0 spiro atoms. The number of hydrogen-bond donors (Lipinski definition) is 1. The smallest absolute Gasteiger partial charge is 0.0808 e. The van der Waals surface area contributed by atoms with Crippen LogP contribution in [0.5, 0.6) is 0 Å². The second-order valence-electron chi connectivity index (χ2n) is 10.2. The minimum absolute atomic E-state index is 0.396. The Labute approximate surface area is 232 Å². The minimum Gasteiger partial charge on any atom is -0.355 e. The lowest BCUT2D eigenvalue weighted by molar-refractivity contribution is 0.785. The average molecular weight is 516 g/mol. The summed E-state index contributed by atoms with van der Waals surface area (Å²) >= 11 is 1.93. The van der Waals surface area contributed by atoms with Gasteiger partial charge < -0.3 is 5.32 Å². The summed E-state index contributed by atoms with van der Waals surface area (Å²) in [6.07, 6.45) is 0. The molecular weight excluding hydrogens is 490 g/mol. The molecule has 0 unspecified atom stereocenters. The molecule has 0 saturated carbocycles. The van der Waals surface area contributed by atoms with Crippen LogP contribution in [0.3, 0.4) is 0 Å². The van der Waals surface area contributed by atoms with E-state index in [1.807, 2.05) is 11.3 Å². The van der Waals surface area contributed by atoms with Crippen molar-refractivity contribution in [3.63, 3.8) is 0 Å². The lowest BCUT2D eigenvalue weighted by atomic mass is 9.70. The van der Waals surface area contributed by atoms with Crippen LogP contribution in [0.4, 0.5) is 11.4 Å². The second kappa shape index (κ2) is 8.69. The van der Waals surface area contributed by atoms with E-state index in [9.17, 15) is 0 Å². The molecule has 2 heteroatoms. The van der Waals surface area contributed by atoms with Crippen LogP contribution in [-0.2, 0) is 5.41 Å². The predicted molar refractivity (Wildman–Crippen MR) is 166 cm³/mol. The van der Waals surface area contributed by atoms with Gasteiger partial charge in [0, 0.05) is 37.3 Å². The maximum atomic E-state index is 3.78. The van der Waals surface area contributed by atoms with Crippen molar-refractivity contribution in [2.75, 3.05) is 5.32 Å². The fourth-order valence-corrected chi connectivity index (χ4v) is 7.92. The van der Waals surface area contributed by atoms with E-state index in [4.69, 9.17) is 0 Å². The summed E-state index contributed by atoms with van der Waals surface area (Å²) in [6, 6.07) is 52.9. The van der Waals surface area contributed by atoms with Crippen LogP contribution in [0.25, 0.3) is 32.0 Å². The Kier molecular flexibility index (Phi) is 4.98. The number of fused-ring (bicyclic) bond motifs is 6. The van der Waals surface area contributed by atoms with Gasteiger partial charge in [0.05, 0.1) is 5.41 Å². The lowest BCUT2D eigenvalue weighted by Gasteiger charge is -2.33. The molecule has 0 saturated heterocycles. The Morgan fingerprint density at radius 1 is 0.538 bits per heavy atom. The van der Waals surface area contributed by atoms with Gasteiger partial charge in [0.25, 0.3) is 0 Å². The lowest BCUT2D eigenvalue weighted by Crippen LogP contribution is -2.27. The SMILES string of the molecule is c1ccc(C2(c3ccccc3)c3cc(Nc4cccc5ccccc45)ccc3-c3c2sc2ccccc32)cc1. The first kappa shape index (κ1) is 22.3. The van der Waals surface area contributed by atoms with E-state index in [0.29, 0.717) is 0 Å². The quantitative estimate of drug-likeness (QED) is 0.246. The summed E-state index contributed by atoms with van der Waals surface area (Å²) in [5.41, 5.74) is 8.44. The molecule has 1 aliphatic carbocycles. The Balaban J connectivity index is 1.43. The number of hydrogen-bond acceptors (Lipinski definition) is 2. The van der Waals surface area contributed by atoms with Crippen LogP contribution in [0.15, 0.2) is 146 Å². The molecule has 39 heavy (non-hydrogen) atoms. The summed E-state index contributed by atoms with van der Waals surface area (Å²) in [4.78, 5) is 1.40. The van der Waals surface area contributed by atoms with Crippen LogP contribution >= 0.6 is 11.3 Å². The molecule has 1 heterocycles. The van der Waals surface area contributed by atoms with E-state index in [-0.39, 0.29) is 0 Å². The van der Waals surface area contributed by atoms with E-state index in [1.165, 1.54) is 53.6 Å². The third-order valence-electron chi connectivity index (χ3n) is 8.11. The first-order valence-electron chi connectivity index (χ1n) is 13.4. The largest absolute Gasteiger partial charge is 0.355 e. The molecule has 8 rings (SSSR count). The van der Waals surface area contributed by atoms with Crippen LogP contribution in [-0.4, -0.2) is 0 Å². The van der Waals surface area contributed by atoms with Crippen molar-refractivity contribution in [3.05, 3.63) is 167 Å². The highest BCUT2D eigenvalue weighted by Gasteiger charge is 2.48. The molecular formula is C37H25NS. The third kappa shape index (κ3) is 3.25. The zero-order valence-corrected chi connectivity index (χ0v) is 22.1. The summed E-state index contributed by atoms with van der Waals surface area (Å²) in [5, 5.41) is 7.57. The van der Waals surface area contributed by atoms with Crippen molar-refractivity contribution < 1.29 is 0 Å². The molecule has 184 valence electrons. The first-order chi connectivity index (χ1) is 19.3. The topological polar surface area (TPSA) is 12.0 Å². The van der Waals surface area contributed by atoms with Crippen LogP contribution in [0, 0.1) is 0 Å². The number of anilines is 2. The van der Waals surface area contributed by atoms with Gasteiger partial charge in [-0.25, -0.2) is 0 Å². The molecule has 0 aliphatic heterocycles. The van der Waals surface area contributed by atoms with Crippen molar-refractivity contribution in [2.45, 2.75) is 5.41 Å². The van der Waals surface area contributed by atoms with Gasteiger partial charge in [0.15, 0.2) is 0 Å². The number of nitrogens with one attached hydrogen (secondary N) is 1. The highest BCUT2D eigenvalue weighted by atomic mass is 32.1. The maximum Gasteiger partial charge on any atom is 0.0808 e. The molecule has 1 N–H and O–H groups in total. The molecule has 6 aromatic carbocycles. The molecule has 0 atom stereocenters. The molecule has 0 radical (unpaired) electrons. The second-order valence-corrected chi connectivity index (χ2v) is 11.2. The fourth-order valence-electron chi connectivity index (χ4n) is 6.46. The Bertz CT molecular complexity index is 1940. The zero-order chi connectivity index (χ0) is 25.8. The summed E-state index contributed by atoms with van der Waals surface area (Å²) in [6.45, 7) is 0. The van der Waals surface area contributed by atoms with E-state index in [2.05, 4.69) is 151 Å². The highest BCUT2D eigenvalue weighted by molar-refractivity contribution is 7.20. The van der Waals surface area contributed by atoms with Gasteiger partial charge in [0.2, 0.25) is 0 Å². The third-order valence-corrected chi connectivity index (χ3v) is 9.40. The van der Waals surface area contributed by atoms with Crippen molar-refractivity contribution in [1.29, 1.82) is 0 Å². The van der Waals surface area contributed by atoms with E-state index in [1.54, 1.807) is 0 Å². The number of thiophene rings is 1. The van der Waals surface area contributed by atoms with Crippen molar-refractivity contribution in [1.82, 2.24) is 0 Å². The van der Waals surface area contributed by atoms with Crippen molar-refractivity contribution in [3.8, 4) is 11.1 Å². The van der Waals surface area contributed by atoms with Crippen LogP contribution < -0.4 is 5.32 Å². The van der Waals surface area contributed by atoms with Gasteiger partial charge in [-0.1, -0.05) is 121 Å². The summed E-state index contributed by atoms with van der Waals surface area (Å²) < 4.78 is 1.34. The monoisotopic (exact) mass is 515 g/mol. The maximum absolute atomic E-state index is 3.78. The Hall–Kier alpha value is -4.66. The highest BCUT2D eigenvalue weighted by Crippen LogP contribution is 2.61. The molecule has 1 aromatic heterocycles. The Morgan fingerprint density at radius 2 is 1.18 bits per heavy atom. The molecule has 0 bridgehead atoms. The first-order valence-corrected chi connectivity index (χ1v) is 14.2.